The SMILES string of the molecule is O=C(O)C1C2C=CC(C2)C1C(=O)OCCCCCO. The molecule has 2 N–H and O–H groups in total. The minimum absolute atomic E-state index is 0.0190. The first-order valence-corrected chi connectivity index (χ1v) is 6.83. The van der Waals surface area contributed by atoms with Gasteiger partial charge in [-0.25, -0.2) is 0 Å². The van der Waals surface area contributed by atoms with Crippen molar-refractivity contribution in [1.82, 2.24) is 0 Å². The average Bonchev–Trinajstić information content (AvgIpc) is 2.98. The average molecular weight is 268 g/mol. The molecule has 2 aliphatic carbocycles. The number of rotatable bonds is 7. The highest BCUT2D eigenvalue weighted by atomic mass is 16.5. The zero-order chi connectivity index (χ0) is 13.8. The van der Waals surface area contributed by atoms with Crippen LogP contribution in [-0.4, -0.2) is 35.4 Å². The van der Waals surface area contributed by atoms with Gasteiger partial charge >= 0.3 is 11.9 Å². The lowest BCUT2D eigenvalue weighted by molar-refractivity contribution is -0.158. The van der Waals surface area contributed by atoms with Crippen molar-refractivity contribution in [2.75, 3.05) is 13.2 Å². The van der Waals surface area contributed by atoms with Crippen molar-refractivity contribution < 1.29 is 24.5 Å². The van der Waals surface area contributed by atoms with Crippen LogP contribution in [-0.2, 0) is 14.3 Å². The summed E-state index contributed by atoms with van der Waals surface area (Å²) in [6, 6.07) is 0. The molecule has 4 atom stereocenters. The molecule has 0 aromatic rings. The van der Waals surface area contributed by atoms with E-state index in [0.717, 1.165) is 12.8 Å². The third-order valence-corrected chi connectivity index (χ3v) is 4.06. The highest BCUT2D eigenvalue weighted by Crippen LogP contribution is 2.48. The van der Waals surface area contributed by atoms with Crippen molar-refractivity contribution >= 4 is 11.9 Å². The largest absolute Gasteiger partial charge is 0.481 e. The smallest absolute Gasteiger partial charge is 0.310 e. The van der Waals surface area contributed by atoms with E-state index in [2.05, 4.69) is 0 Å². The zero-order valence-electron chi connectivity index (χ0n) is 10.8. The van der Waals surface area contributed by atoms with Gasteiger partial charge < -0.3 is 14.9 Å². The normalized spacial score (nSPS) is 31.6. The molecule has 2 rings (SSSR count). The molecule has 0 radical (unpaired) electrons. The number of allylic oxidation sites excluding steroid dienone is 2. The Kier molecular flexibility index (Phi) is 4.58. The minimum Gasteiger partial charge on any atom is -0.481 e. The van der Waals surface area contributed by atoms with Crippen LogP contribution in [0, 0.1) is 23.7 Å². The number of esters is 1. The fraction of sp³-hybridized carbons (Fsp3) is 0.714. The van der Waals surface area contributed by atoms with Crippen LogP contribution < -0.4 is 0 Å². The molecule has 2 bridgehead atoms. The van der Waals surface area contributed by atoms with E-state index in [-0.39, 0.29) is 24.4 Å². The number of ether oxygens (including phenoxy) is 1. The van der Waals surface area contributed by atoms with E-state index in [1.165, 1.54) is 0 Å². The predicted octanol–water partition coefficient (Wildman–Crippen LogP) is 1.22. The summed E-state index contributed by atoms with van der Waals surface area (Å²) in [6.07, 6.45) is 6.83. The summed E-state index contributed by atoms with van der Waals surface area (Å²) in [5.41, 5.74) is 0. The molecule has 4 unspecified atom stereocenters. The second-order valence-electron chi connectivity index (χ2n) is 5.29. The van der Waals surface area contributed by atoms with Gasteiger partial charge in [-0.2, -0.15) is 0 Å². The Hall–Kier alpha value is -1.36. The number of hydrogen-bond donors (Lipinski definition) is 2. The van der Waals surface area contributed by atoms with Gasteiger partial charge in [-0.3, -0.25) is 9.59 Å². The number of aliphatic carboxylic acids is 1. The van der Waals surface area contributed by atoms with E-state index < -0.39 is 17.8 Å². The molecule has 0 amide bonds. The maximum absolute atomic E-state index is 12.0. The molecular formula is C14H20O5. The molecule has 106 valence electrons. The van der Waals surface area contributed by atoms with E-state index in [0.29, 0.717) is 19.4 Å². The molecule has 0 saturated heterocycles. The summed E-state index contributed by atoms with van der Waals surface area (Å²) >= 11 is 0. The third-order valence-electron chi connectivity index (χ3n) is 4.06. The van der Waals surface area contributed by atoms with Gasteiger partial charge in [-0.15, -0.1) is 0 Å². The van der Waals surface area contributed by atoms with E-state index in [1.807, 2.05) is 12.2 Å². The zero-order valence-corrected chi connectivity index (χ0v) is 10.8. The van der Waals surface area contributed by atoms with Crippen molar-refractivity contribution in [2.24, 2.45) is 23.7 Å². The van der Waals surface area contributed by atoms with Crippen molar-refractivity contribution in [3.8, 4) is 0 Å². The lowest BCUT2D eigenvalue weighted by atomic mass is 9.83. The topological polar surface area (TPSA) is 83.8 Å². The van der Waals surface area contributed by atoms with Crippen molar-refractivity contribution in [1.29, 1.82) is 0 Å². The first-order valence-electron chi connectivity index (χ1n) is 6.83. The first kappa shape index (κ1) is 14.1. The highest BCUT2D eigenvalue weighted by molar-refractivity contribution is 5.83. The Morgan fingerprint density at radius 1 is 1.11 bits per heavy atom. The van der Waals surface area contributed by atoms with E-state index in [4.69, 9.17) is 9.84 Å². The fourth-order valence-corrected chi connectivity index (χ4v) is 3.14. The van der Waals surface area contributed by atoms with Crippen LogP contribution in [0.2, 0.25) is 0 Å². The van der Waals surface area contributed by atoms with Crippen LogP contribution in [0.4, 0.5) is 0 Å². The standard InChI is InChI=1S/C14H20O5/c15-6-2-1-3-7-19-14(18)12-10-5-4-9(8-10)11(12)13(16)17/h4-5,9-12,15H,1-3,6-8H2,(H,16,17). The quantitative estimate of drug-likeness (QED) is 0.412. The molecule has 0 aromatic carbocycles. The summed E-state index contributed by atoms with van der Waals surface area (Å²) in [6.45, 7) is 0.453. The lowest BCUT2D eigenvalue weighted by Crippen LogP contribution is -2.34. The summed E-state index contributed by atoms with van der Waals surface area (Å²) in [4.78, 5) is 23.3. The number of aliphatic hydroxyl groups is 1. The fourth-order valence-electron chi connectivity index (χ4n) is 3.14. The molecule has 19 heavy (non-hydrogen) atoms. The van der Waals surface area contributed by atoms with Gasteiger partial charge in [0.25, 0.3) is 0 Å². The van der Waals surface area contributed by atoms with Crippen LogP contribution in [0.15, 0.2) is 12.2 Å². The second kappa shape index (κ2) is 6.19. The molecule has 0 spiro atoms. The van der Waals surface area contributed by atoms with Gasteiger partial charge in [0.05, 0.1) is 18.4 Å². The maximum Gasteiger partial charge on any atom is 0.310 e. The molecule has 0 aromatic heterocycles. The molecule has 2 aliphatic rings. The Labute approximate surface area is 112 Å². The molecule has 1 fully saturated rings. The molecule has 5 heteroatoms. The van der Waals surface area contributed by atoms with E-state index >= 15 is 0 Å². The number of carboxylic acid groups (broad SMARTS) is 1. The van der Waals surface area contributed by atoms with Crippen molar-refractivity contribution in [3.05, 3.63) is 12.2 Å². The maximum atomic E-state index is 12.0. The van der Waals surface area contributed by atoms with Crippen LogP contribution in [0.1, 0.15) is 25.7 Å². The summed E-state index contributed by atoms with van der Waals surface area (Å²) in [5.74, 6) is -2.43. The number of fused-ring (bicyclic) bond motifs is 2. The van der Waals surface area contributed by atoms with E-state index in [9.17, 15) is 14.7 Å². The first-order chi connectivity index (χ1) is 9.15. The van der Waals surface area contributed by atoms with Crippen LogP contribution in [0.5, 0.6) is 0 Å². The van der Waals surface area contributed by atoms with Crippen molar-refractivity contribution in [2.45, 2.75) is 25.7 Å². The molecule has 0 aliphatic heterocycles. The number of hydrogen-bond acceptors (Lipinski definition) is 4. The Morgan fingerprint density at radius 3 is 2.42 bits per heavy atom. The lowest BCUT2D eigenvalue weighted by Gasteiger charge is -2.23. The monoisotopic (exact) mass is 268 g/mol. The van der Waals surface area contributed by atoms with Crippen LogP contribution in [0.25, 0.3) is 0 Å². The van der Waals surface area contributed by atoms with Crippen LogP contribution >= 0.6 is 0 Å². The van der Waals surface area contributed by atoms with Gasteiger partial charge in [-0.05, 0) is 37.5 Å². The molecule has 5 nitrogen and oxygen atoms in total. The minimum atomic E-state index is -0.904. The Morgan fingerprint density at radius 2 is 1.79 bits per heavy atom. The summed E-state index contributed by atoms with van der Waals surface area (Å²) < 4.78 is 5.19. The number of carbonyl (C=O) groups excluding carboxylic acids is 1. The van der Waals surface area contributed by atoms with Crippen LogP contribution in [0.3, 0.4) is 0 Å². The summed E-state index contributed by atoms with van der Waals surface area (Å²) in [7, 11) is 0. The number of unbranched alkanes of at least 4 members (excludes halogenated alkanes) is 2. The molecule has 0 heterocycles. The predicted molar refractivity (Wildman–Crippen MR) is 67.2 cm³/mol. The van der Waals surface area contributed by atoms with Gasteiger partial charge in [0.2, 0.25) is 0 Å². The Bertz CT molecular complexity index is 376. The van der Waals surface area contributed by atoms with Crippen molar-refractivity contribution in [3.63, 3.8) is 0 Å². The highest BCUT2D eigenvalue weighted by Gasteiger charge is 2.52. The van der Waals surface area contributed by atoms with Gasteiger partial charge in [-0.1, -0.05) is 12.2 Å². The third kappa shape index (κ3) is 2.97. The summed E-state index contributed by atoms with van der Waals surface area (Å²) in [5, 5.41) is 17.9. The van der Waals surface area contributed by atoms with E-state index in [1.54, 1.807) is 0 Å². The number of carboxylic acids is 1. The number of carbonyl (C=O) groups is 2. The van der Waals surface area contributed by atoms with Gasteiger partial charge in [0, 0.05) is 6.61 Å². The molecular weight excluding hydrogens is 248 g/mol. The molecule has 1 saturated carbocycles. The number of aliphatic hydroxyl groups excluding tert-OH is 1. The Balaban J connectivity index is 1.84. The van der Waals surface area contributed by atoms with Gasteiger partial charge in [0.1, 0.15) is 0 Å². The van der Waals surface area contributed by atoms with Gasteiger partial charge in [0.15, 0.2) is 0 Å². The second-order valence-corrected chi connectivity index (χ2v) is 5.29.